The van der Waals surface area contributed by atoms with E-state index in [1.165, 1.54) is 32.0 Å². The van der Waals surface area contributed by atoms with Crippen LogP contribution in [0.25, 0.3) is 16.7 Å². The standard InChI is InChI=1S/C15H13FN2.C6H15N.C2H2.CH2O/c1-10-6-7-12(16)14(8-10)18-9-17-15-11(2)4-3-5-13(15)18;1-3-5-7-6-4-2;2*1-2/h3-9H,1-2H3;7H,3-6H2,1-2H3;1-2H;1H2. The fourth-order valence-corrected chi connectivity index (χ4v) is 2.66. The lowest BCUT2D eigenvalue weighted by molar-refractivity contribution is -0.0979. The van der Waals surface area contributed by atoms with Crippen LogP contribution in [0.3, 0.4) is 0 Å². The lowest BCUT2D eigenvalue weighted by Gasteiger charge is -2.07. The van der Waals surface area contributed by atoms with Crippen LogP contribution in [-0.2, 0) is 4.79 Å². The minimum Gasteiger partial charge on any atom is -0.317 e. The van der Waals surface area contributed by atoms with Gasteiger partial charge in [-0.1, -0.05) is 32.0 Å². The van der Waals surface area contributed by atoms with E-state index in [9.17, 15) is 4.39 Å². The number of para-hydroxylation sites is 1. The van der Waals surface area contributed by atoms with Gasteiger partial charge in [-0.3, -0.25) is 4.57 Å². The number of aryl methyl sites for hydroxylation is 2. The fraction of sp³-hybridized carbons (Fsp3) is 0.333. The molecule has 0 radical (unpaired) electrons. The summed E-state index contributed by atoms with van der Waals surface area (Å²) >= 11 is 0. The van der Waals surface area contributed by atoms with E-state index in [4.69, 9.17) is 4.79 Å². The lowest BCUT2D eigenvalue weighted by atomic mass is 10.2. The summed E-state index contributed by atoms with van der Waals surface area (Å²) in [6.07, 6.45) is 12.2. The second-order valence-electron chi connectivity index (χ2n) is 6.26. The van der Waals surface area contributed by atoms with Gasteiger partial charge in [0.25, 0.3) is 0 Å². The molecule has 5 heteroatoms. The zero-order valence-corrected chi connectivity index (χ0v) is 17.9. The second kappa shape index (κ2) is 15.0. The first-order valence-electron chi connectivity index (χ1n) is 9.60. The molecule has 1 heterocycles. The molecule has 29 heavy (non-hydrogen) atoms. The van der Waals surface area contributed by atoms with E-state index in [0.29, 0.717) is 5.69 Å². The van der Waals surface area contributed by atoms with Crippen molar-refractivity contribution in [3.05, 3.63) is 59.7 Å². The Balaban J connectivity index is 0.000000606. The highest BCUT2D eigenvalue weighted by Gasteiger charge is 2.10. The van der Waals surface area contributed by atoms with Crippen LogP contribution in [0.4, 0.5) is 4.39 Å². The minimum absolute atomic E-state index is 0.235. The molecule has 0 amide bonds. The molecule has 0 bridgehead atoms. The highest BCUT2D eigenvalue weighted by molar-refractivity contribution is 5.80. The molecule has 0 aliphatic carbocycles. The summed E-state index contributed by atoms with van der Waals surface area (Å²) in [5, 5.41) is 3.28. The first-order chi connectivity index (χ1) is 14.1. The van der Waals surface area contributed by atoms with Crippen molar-refractivity contribution in [3.8, 4) is 18.5 Å². The van der Waals surface area contributed by atoms with Crippen molar-refractivity contribution in [2.24, 2.45) is 0 Å². The van der Waals surface area contributed by atoms with Gasteiger partial charge in [0.15, 0.2) is 0 Å². The number of fused-ring (bicyclic) bond motifs is 1. The summed E-state index contributed by atoms with van der Waals surface area (Å²) in [6.45, 7) is 12.7. The summed E-state index contributed by atoms with van der Waals surface area (Å²) in [4.78, 5) is 12.4. The number of carbonyl (C=O) groups is 1. The predicted octanol–water partition coefficient (Wildman–Crippen LogP) is 5.24. The van der Waals surface area contributed by atoms with Gasteiger partial charge in [0.2, 0.25) is 0 Å². The smallest absolute Gasteiger partial charge is 0.147 e. The minimum atomic E-state index is -0.235. The normalized spacial score (nSPS) is 9.34. The Labute approximate surface area is 174 Å². The van der Waals surface area contributed by atoms with Crippen molar-refractivity contribution in [2.75, 3.05) is 13.1 Å². The van der Waals surface area contributed by atoms with Crippen LogP contribution in [0, 0.1) is 32.5 Å². The summed E-state index contributed by atoms with van der Waals surface area (Å²) in [5.74, 6) is -0.235. The van der Waals surface area contributed by atoms with Gasteiger partial charge in [-0.15, -0.1) is 12.8 Å². The van der Waals surface area contributed by atoms with Gasteiger partial charge in [-0.05, 0) is 69.1 Å². The number of hydrogen-bond acceptors (Lipinski definition) is 3. The third-order valence-electron chi connectivity index (χ3n) is 3.99. The molecule has 1 aromatic heterocycles. The average Bonchev–Trinajstić information content (AvgIpc) is 3.19. The number of aromatic nitrogens is 2. The fourth-order valence-electron chi connectivity index (χ4n) is 2.66. The van der Waals surface area contributed by atoms with Crippen LogP contribution >= 0.6 is 0 Å². The summed E-state index contributed by atoms with van der Waals surface area (Å²) in [6, 6.07) is 11.0. The summed E-state index contributed by atoms with van der Waals surface area (Å²) in [7, 11) is 0. The van der Waals surface area contributed by atoms with E-state index >= 15 is 0 Å². The number of benzene rings is 2. The molecule has 2 aromatic carbocycles. The first kappa shape index (κ1) is 26.0. The molecule has 4 nitrogen and oxygen atoms in total. The van der Waals surface area contributed by atoms with Crippen LogP contribution in [0.1, 0.15) is 37.8 Å². The van der Waals surface area contributed by atoms with Crippen molar-refractivity contribution in [2.45, 2.75) is 40.5 Å². The average molecular weight is 398 g/mol. The van der Waals surface area contributed by atoms with Crippen LogP contribution in [0.5, 0.6) is 0 Å². The molecule has 0 fully saturated rings. The van der Waals surface area contributed by atoms with Crippen LogP contribution in [0.15, 0.2) is 42.7 Å². The predicted molar refractivity (Wildman–Crippen MR) is 121 cm³/mol. The van der Waals surface area contributed by atoms with Gasteiger partial charge in [-0.25, -0.2) is 9.37 Å². The SMILES string of the molecule is C#C.C=O.CCCNCCC.Cc1ccc(F)c(-n2cnc3c(C)cccc32)c1. The molecule has 0 aliphatic rings. The van der Waals surface area contributed by atoms with Gasteiger partial charge in [0.05, 0.1) is 16.7 Å². The summed E-state index contributed by atoms with van der Waals surface area (Å²) < 4.78 is 15.7. The van der Waals surface area contributed by atoms with Crippen molar-refractivity contribution >= 4 is 17.8 Å². The van der Waals surface area contributed by atoms with Crippen molar-refractivity contribution in [1.82, 2.24) is 14.9 Å². The number of hydrogen-bond donors (Lipinski definition) is 1. The van der Waals surface area contributed by atoms with Gasteiger partial charge >= 0.3 is 0 Å². The number of halogens is 1. The first-order valence-corrected chi connectivity index (χ1v) is 9.60. The highest BCUT2D eigenvalue weighted by atomic mass is 19.1. The molecule has 1 N–H and O–H groups in total. The maximum absolute atomic E-state index is 13.9. The topological polar surface area (TPSA) is 46.9 Å². The molecule has 156 valence electrons. The van der Waals surface area contributed by atoms with E-state index in [1.807, 2.05) is 44.9 Å². The van der Waals surface area contributed by atoms with E-state index in [1.54, 1.807) is 17.0 Å². The zero-order valence-electron chi connectivity index (χ0n) is 17.9. The van der Waals surface area contributed by atoms with E-state index in [-0.39, 0.29) is 5.82 Å². The molecular weight excluding hydrogens is 365 g/mol. The quantitative estimate of drug-likeness (QED) is 0.473. The van der Waals surface area contributed by atoms with Crippen molar-refractivity contribution < 1.29 is 9.18 Å². The maximum atomic E-state index is 13.9. The molecule has 3 aromatic rings. The molecule has 0 spiro atoms. The Kier molecular flexibility index (Phi) is 13.5. The third-order valence-corrected chi connectivity index (χ3v) is 3.99. The monoisotopic (exact) mass is 397 g/mol. The van der Waals surface area contributed by atoms with Crippen LogP contribution in [0.2, 0.25) is 0 Å². The van der Waals surface area contributed by atoms with Crippen LogP contribution < -0.4 is 5.32 Å². The van der Waals surface area contributed by atoms with E-state index in [0.717, 1.165) is 22.2 Å². The molecule has 0 aliphatic heterocycles. The Morgan fingerprint density at radius 2 is 1.69 bits per heavy atom. The van der Waals surface area contributed by atoms with E-state index in [2.05, 4.69) is 37.0 Å². The van der Waals surface area contributed by atoms with Crippen LogP contribution in [-0.4, -0.2) is 29.4 Å². The molecular formula is C24H32FN3O. The molecule has 0 unspecified atom stereocenters. The number of terminal acetylenes is 1. The van der Waals surface area contributed by atoms with Gasteiger partial charge in [0, 0.05) is 0 Å². The lowest BCUT2D eigenvalue weighted by Crippen LogP contribution is -2.14. The molecule has 0 saturated carbocycles. The Morgan fingerprint density at radius 1 is 1.07 bits per heavy atom. The molecule has 3 rings (SSSR count). The second-order valence-corrected chi connectivity index (χ2v) is 6.26. The van der Waals surface area contributed by atoms with Gasteiger partial charge < -0.3 is 10.1 Å². The number of nitrogens with zero attached hydrogens (tertiary/aromatic N) is 2. The maximum Gasteiger partial charge on any atom is 0.147 e. The number of rotatable bonds is 5. The summed E-state index contributed by atoms with van der Waals surface area (Å²) in [5.41, 5.74) is 4.52. The Morgan fingerprint density at radius 3 is 2.28 bits per heavy atom. The number of nitrogens with one attached hydrogen (secondary N) is 1. The third kappa shape index (κ3) is 7.89. The Bertz CT molecular complexity index is 867. The number of carbonyl (C=O) groups excluding carboxylic acids is 1. The largest absolute Gasteiger partial charge is 0.317 e. The highest BCUT2D eigenvalue weighted by Crippen LogP contribution is 2.23. The Hall–Kier alpha value is -2.97. The van der Waals surface area contributed by atoms with Crippen molar-refractivity contribution in [1.29, 1.82) is 0 Å². The van der Waals surface area contributed by atoms with Gasteiger partial charge in [0.1, 0.15) is 18.9 Å². The van der Waals surface area contributed by atoms with E-state index < -0.39 is 0 Å². The van der Waals surface area contributed by atoms with Gasteiger partial charge in [-0.2, -0.15) is 0 Å². The molecule has 0 saturated heterocycles. The zero-order chi connectivity index (χ0) is 22.2. The number of imidazole rings is 1. The molecule has 0 atom stereocenters. The van der Waals surface area contributed by atoms with Crippen molar-refractivity contribution in [3.63, 3.8) is 0 Å².